The lowest BCUT2D eigenvalue weighted by Crippen LogP contribution is -2.59. The van der Waals surface area contributed by atoms with Crippen molar-refractivity contribution in [2.45, 2.75) is 12.6 Å². The fourth-order valence-electron chi connectivity index (χ4n) is 2.03. The molecule has 0 aromatic rings. The highest BCUT2D eigenvalue weighted by molar-refractivity contribution is 5.97. The first-order chi connectivity index (χ1) is 8.16. The Bertz CT molecular complexity index is 304. The quantitative estimate of drug-likeness (QED) is 0.632. The number of nitrogens with two attached hydrogens (primary N) is 1. The Morgan fingerprint density at radius 2 is 2.00 bits per heavy atom. The first-order valence-electron chi connectivity index (χ1n) is 5.83. The topological polar surface area (TPSA) is 87.9 Å². The highest BCUT2D eigenvalue weighted by atomic mass is 16.5. The minimum absolute atomic E-state index is 0.175. The lowest BCUT2D eigenvalue weighted by molar-refractivity contribution is -0.122. The normalized spacial score (nSPS) is 27.1. The van der Waals surface area contributed by atoms with Crippen molar-refractivity contribution in [2.24, 2.45) is 5.73 Å². The Hall–Kier alpha value is -1.18. The predicted octanol–water partition coefficient (Wildman–Crippen LogP) is -1.45. The Morgan fingerprint density at radius 1 is 1.29 bits per heavy atom. The predicted molar refractivity (Wildman–Crippen MR) is 60.1 cm³/mol. The SMILES string of the molecule is NC1CC(=O)NC(=O)N1CCN1CCOCC1. The maximum Gasteiger partial charge on any atom is 0.325 e. The van der Waals surface area contributed by atoms with Crippen LogP contribution in [-0.2, 0) is 9.53 Å². The average molecular weight is 242 g/mol. The van der Waals surface area contributed by atoms with Crippen LogP contribution < -0.4 is 11.1 Å². The molecule has 2 aliphatic rings. The molecule has 96 valence electrons. The molecule has 2 fully saturated rings. The van der Waals surface area contributed by atoms with Crippen LogP contribution in [0.5, 0.6) is 0 Å². The molecule has 3 amide bonds. The van der Waals surface area contributed by atoms with Crippen LogP contribution >= 0.6 is 0 Å². The first kappa shape index (κ1) is 12.3. The van der Waals surface area contributed by atoms with E-state index in [4.69, 9.17) is 10.5 Å². The standard InChI is InChI=1S/C10H18N4O3/c11-8-7-9(15)12-10(16)14(8)2-1-13-3-5-17-6-4-13/h8H,1-7,11H2,(H,12,15,16). The van der Waals surface area contributed by atoms with Gasteiger partial charge >= 0.3 is 6.03 Å². The molecule has 2 heterocycles. The maximum absolute atomic E-state index is 11.6. The van der Waals surface area contributed by atoms with E-state index in [-0.39, 0.29) is 18.4 Å². The van der Waals surface area contributed by atoms with Crippen LogP contribution in [0, 0.1) is 0 Å². The molecule has 3 N–H and O–H groups in total. The van der Waals surface area contributed by atoms with Gasteiger partial charge in [-0.15, -0.1) is 0 Å². The minimum atomic E-state index is -0.503. The van der Waals surface area contributed by atoms with Crippen LogP contribution in [0.3, 0.4) is 0 Å². The number of rotatable bonds is 3. The number of ether oxygens (including phenoxy) is 1. The summed E-state index contributed by atoms with van der Waals surface area (Å²) in [7, 11) is 0. The Balaban J connectivity index is 1.80. The molecule has 0 aliphatic carbocycles. The van der Waals surface area contributed by atoms with Crippen molar-refractivity contribution in [1.29, 1.82) is 0 Å². The molecular weight excluding hydrogens is 224 g/mol. The van der Waals surface area contributed by atoms with Gasteiger partial charge in [0.05, 0.1) is 25.8 Å². The number of urea groups is 1. The van der Waals surface area contributed by atoms with Gasteiger partial charge in [-0.1, -0.05) is 0 Å². The van der Waals surface area contributed by atoms with Crippen molar-refractivity contribution in [1.82, 2.24) is 15.1 Å². The molecule has 0 radical (unpaired) electrons. The summed E-state index contributed by atoms with van der Waals surface area (Å²) in [6.07, 6.45) is -0.327. The summed E-state index contributed by atoms with van der Waals surface area (Å²) in [6.45, 7) is 4.53. The molecule has 0 saturated carbocycles. The smallest absolute Gasteiger partial charge is 0.325 e. The fourth-order valence-corrected chi connectivity index (χ4v) is 2.03. The number of morpholine rings is 1. The third-order valence-corrected chi connectivity index (χ3v) is 3.06. The number of carbonyl (C=O) groups is 2. The van der Waals surface area contributed by atoms with Crippen molar-refractivity contribution in [3.63, 3.8) is 0 Å². The van der Waals surface area contributed by atoms with E-state index in [9.17, 15) is 9.59 Å². The molecule has 2 saturated heterocycles. The zero-order valence-corrected chi connectivity index (χ0v) is 9.72. The van der Waals surface area contributed by atoms with Gasteiger partial charge in [0.25, 0.3) is 0 Å². The average Bonchev–Trinajstić information content (AvgIpc) is 2.29. The second-order valence-corrected chi connectivity index (χ2v) is 4.27. The Kier molecular flexibility index (Phi) is 3.93. The van der Waals surface area contributed by atoms with Crippen molar-refractivity contribution >= 4 is 11.9 Å². The second kappa shape index (κ2) is 5.44. The van der Waals surface area contributed by atoms with E-state index in [0.29, 0.717) is 6.54 Å². The van der Waals surface area contributed by atoms with Crippen LogP contribution in [-0.4, -0.2) is 67.3 Å². The third-order valence-electron chi connectivity index (χ3n) is 3.06. The van der Waals surface area contributed by atoms with Gasteiger partial charge in [0, 0.05) is 26.2 Å². The zero-order chi connectivity index (χ0) is 12.3. The monoisotopic (exact) mass is 242 g/mol. The van der Waals surface area contributed by atoms with Crippen LogP contribution in [0.1, 0.15) is 6.42 Å². The summed E-state index contributed by atoms with van der Waals surface area (Å²) < 4.78 is 5.24. The molecule has 0 bridgehead atoms. The molecule has 1 unspecified atom stereocenters. The van der Waals surface area contributed by atoms with Crippen molar-refractivity contribution in [3.05, 3.63) is 0 Å². The van der Waals surface area contributed by atoms with E-state index in [1.165, 1.54) is 4.90 Å². The van der Waals surface area contributed by atoms with Crippen LogP contribution in [0.25, 0.3) is 0 Å². The van der Waals surface area contributed by atoms with E-state index in [1.807, 2.05) is 0 Å². The molecule has 2 aliphatic heterocycles. The van der Waals surface area contributed by atoms with Gasteiger partial charge in [-0.2, -0.15) is 0 Å². The third kappa shape index (κ3) is 3.15. The van der Waals surface area contributed by atoms with Gasteiger partial charge in [0.1, 0.15) is 0 Å². The molecule has 2 rings (SSSR count). The number of carbonyl (C=O) groups excluding carboxylic acids is 2. The van der Waals surface area contributed by atoms with E-state index in [0.717, 1.165) is 32.8 Å². The highest BCUT2D eigenvalue weighted by Gasteiger charge is 2.29. The van der Waals surface area contributed by atoms with E-state index in [2.05, 4.69) is 10.2 Å². The summed E-state index contributed by atoms with van der Waals surface area (Å²) in [4.78, 5) is 26.4. The largest absolute Gasteiger partial charge is 0.379 e. The summed E-state index contributed by atoms with van der Waals surface area (Å²) in [5.41, 5.74) is 5.78. The number of nitrogens with zero attached hydrogens (tertiary/aromatic N) is 2. The number of amides is 3. The number of hydrogen-bond acceptors (Lipinski definition) is 5. The minimum Gasteiger partial charge on any atom is -0.379 e. The summed E-state index contributed by atoms with van der Waals surface area (Å²) in [5, 5.41) is 2.27. The summed E-state index contributed by atoms with van der Waals surface area (Å²) >= 11 is 0. The van der Waals surface area contributed by atoms with E-state index in [1.54, 1.807) is 0 Å². The fraction of sp³-hybridized carbons (Fsp3) is 0.800. The lowest BCUT2D eigenvalue weighted by atomic mass is 10.2. The van der Waals surface area contributed by atoms with Crippen LogP contribution in [0.4, 0.5) is 4.79 Å². The van der Waals surface area contributed by atoms with Gasteiger partial charge in [-0.3, -0.25) is 15.0 Å². The summed E-state index contributed by atoms with van der Waals surface area (Å²) in [6, 6.07) is -0.387. The number of imide groups is 1. The number of hydrogen-bond donors (Lipinski definition) is 2. The van der Waals surface area contributed by atoms with Crippen molar-refractivity contribution in [2.75, 3.05) is 39.4 Å². The maximum atomic E-state index is 11.6. The number of nitrogens with one attached hydrogen (secondary N) is 1. The van der Waals surface area contributed by atoms with Crippen molar-refractivity contribution in [3.8, 4) is 0 Å². The molecule has 7 heteroatoms. The lowest BCUT2D eigenvalue weighted by Gasteiger charge is -2.35. The van der Waals surface area contributed by atoms with Gasteiger partial charge in [0.15, 0.2) is 0 Å². The molecule has 0 spiro atoms. The van der Waals surface area contributed by atoms with Gasteiger partial charge in [0.2, 0.25) is 5.91 Å². The van der Waals surface area contributed by atoms with E-state index < -0.39 is 6.17 Å². The molecule has 0 aromatic heterocycles. The molecule has 17 heavy (non-hydrogen) atoms. The van der Waals surface area contributed by atoms with Gasteiger partial charge in [-0.25, -0.2) is 4.79 Å². The molecule has 7 nitrogen and oxygen atoms in total. The first-order valence-corrected chi connectivity index (χ1v) is 5.83. The molecule has 0 aromatic carbocycles. The highest BCUT2D eigenvalue weighted by Crippen LogP contribution is 2.06. The molecular formula is C10H18N4O3. The Labute approximate surface area is 99.9 Å². The van der Waals surface area contributed by atoms with E-state index >= 15 is 0 Å². The Morgan fingerprint density at radius 3 is 2.65 bits per heavy atom. The second-order valence-electron chi connectivity index (χ2n) is 4.27. The molecule has 1 atom stereocenters. The zero-order valence-electron chi connectivity index (χ0n) is 9.72. The van der Waals surface area contributed by atoms with Gasteiger partial charge in [-0.05, 0) is 0 Å². The van der Waals surface area contributed by atoms with Crippen LogP contribution in [0.2, 0.25) is 0 Å². The van der Waals surface area contributed by atoms with Crippen LogP contribution in [0.15, 0.2) is 0 Å². The summed E-state index contributed by atoms with van der Waals surface area (Å²) in [5.74, 6) is -0.301. The van der Waals surface area contributed by atoms with Gasteiger partial charge < -0.3 is 15.4 Å². The van der Waals surface area contributed by atoms with Crippen molar-refractivity contribution < 1.29 is 14.3 Å².